The summed E-state index contributed by atoms with van der Waals surface area (Å²) in [6, 6.07) is 1.88. The quantitative estimate of drug-likeness (QED) is 0.850. The number of hydrogen-bond acceptors (Lipinski definition) is 2. The Labute approximate surface area is 103 Å². The minimum atomic E-state index is 0.0438. The zero-order valence-electron chi connectivity index (χ0n) is 10.7. The molecule has 0 atom stereocenters. The predicted octanol–water partition coefficient (Wildman–Crippen LogP) is 1.16. The van der Waals surface area contributed by atoms with E-state index in [0.717, 1.165) is 24.3 Å². The van der Waals surface area contributed by atoms with E-state index in [2.05, 4.69) is 10.2 Å². The molecule has 2 heterocycles. The molecule has 1 amide bonds. The molecule has 1 saturated heterocycles. The highest BCUT2D eigenvalue weighted by atomic mass is 16.1. The first-order chi connectivity index (χ1) is 8.18. The summed E-state index contributed by atoms with van der Waals surface area (Å²) in [4.78, 5) is 14.3. The third-order valence-electron chi connectivity index (χ3n) is 3.54. The standard InChI is InChI=1S/C13H21N3O/c1-11-12(5-9-15(11)2)13(17)14-6-10-16-7-3-4-8-16/h5,9H,3-4,6-8,10H2,1-2H3,(H,14,17). The summed E-state index contributed by atoms with van der Waals surface area (Å²) in [5, 5.41) is 2.99. The molecule has 1 N–H and O–H groups in total. The van der Waals surface area contributed by atoms with Crippen LogP contribution in [-0.2, 0) is 7.05 Å². The Morgan fingerprint density at radius 1 is 1.41 bits per heavy atom. The lowest BCUT2D eigenvalue weighted by molar-refractivity contribution is 0.0949. The molecule has 1 fully saturated rings. The molecule has 0 aliphatic carbocycles. The van der Waals surface area contributed by atoms with Gasteiger partial charge in [0.1, 0.15) is 0 Å². The molecule has 1 aliphatic heterocycles. The maximum Gasteiger partial charge on any atom is 0.253 e. The summed E-state index contributed by atoms with van der Waals surface area (Å²) >= 11 is 0. The zero-order chi connectivity index (χ0) is 12.3. The lowest BCUT2D eigenvalue weighted by Crippen LogP contribution is -2.33. The number of aryl methyl sites for hydroxylation is 1. The van der Waals surface area contributed by atoms with E-state index in [0.29, 0.717) is 0 Å². The van der Waals surface area contributed by atoms with E-state index in [-0.39, 0.29) is 5.91 Å². The van der Waals surface area contributed by atoms with Crippen molar-refractivity contribution in [2.45, 2.75) is 19.8 Å². The largest absolute Gasteiger partial charge is 0.354 e. The fourth-order valence-corrected chi connectivity index (χ4v) is 2.28. The van der Waals surface area contributed by atoms with Crippen molar-refractivity contribution >= 4 is 5.91 Å². The average molecular weight is 235 g/mol. The number of hydrogen-bond donors (Lipinski definition) is 1. The molecule has 0 radical (unpaired) electrons. The van der Waals surface area contributed by atoms with E-state index in [1.807, 2.05) is 30.8 Å². The molecule has 17 heavy (non-hydrogen) atoms. The van der Waals surface area contributed by atoms with Crippen LogP contribution in [0.4, 0.5) is 0 Å². The second kappa shape index (κ2) is 5.36. The zero-order valence-corrected chi connectivity index (χ0v) is 10.7. The third-order valence-corrected chi connectivity index (χ3v) is 3.54. The molecule has 1 aliphatic rings. The Balaban J connectivity index is 1.79. The third kappa shape index (κ3) is 2.88. The first-order valence-corrected chi connectivity index (χ1v) is 6.31. The topological polar surface area (TPSA) is 37.3 Å². The summed E-state index contributed by atoms with van der Waals surface area (Å²) < 4.78 is 1.97. The van der Waals surface area contributed by atoms with Crippen LogP contribution in [-0.4, -0.2) is 41.6 Å². The van der Waals surface area contributed by atoms with Gasteiger partial charge in [-0.25, -0.2) is 0 Å². The van der Waals surface area contributed by atoms with Crippen LogP contribution in [0.5, 0.6) is 0 Å². The predicted molar refractivity (Wildman–Crippen MR) is 68.2 cm³/mol. The number of amides is 1. The monoisotopic (exact) mass is 235 g/mol. The number of nitrogens with zero attached hydrogens (tertiary/aromatic N) is 2. The average Bonchev–Trinajstić information content (AvgIpc) is 2.91. The molecule has 94 valence electrons. The molecule has 1 aromatic rings. The number of nitrogens with one attached hydrogen (secondary N) is 1. The SMILES string of the molecule is Cc1c(C(=O)NCCN2CCCC2)ccn1C. The van der Waals surface area contributed by atoms with Gasteiger partial charge < -0.3 is 14.8 Å². The summed E-state index contributed by atoms with van der Waals surface area (Å²) in [5.74, 6) is 0.0438. The van der Waals surface area contributed by atoms with Crippen LogP contribution in [0.1, 0.15) is 28.9 Å². The van der Waals surface area contributed by atoms with Crippen LogP contribution in [0.15, 0.2) is 12.3 Å². The number of carbonyl (C=O) groups excluding carboxylic acids is 1. The molecular formula is C13H21N3O. The fraction of sp³-hybridized carbons (Fsp3) is 0.615. The Kier molecular flexibility index (Phi) is 3.84. The van der Waals surface area contributed by atoms with E-state index in [1.54, 1.807) is 0 Å². The number of rotatable bonds is 4. The molecule has 0 unspecified atom stereocenters. The lowest BCUT2D eigenvalue weighted by atomic mass is 10.2. The molecule has 0 spiro atoms. The molecule has 2 rings (SSSR count). The van der Waals surface area contributed by atoms with Gasteiger partial charge in [-0.1, -0.05) is 0 Å². The first-order valence-electron chi connectivity index (χ1n) is 6.31. The highest BCUT2D eigenvalue weighted by molar-refractivity contribution is 5.95. The first kappa shape index (κ1) is 12.2. The molecule has 0 aromatic carbocycles. The number of likely N-dealkylation sites (tertiary alicyclic amines) is 1. The van der Waals surface area contributed by atoms with Crippen molar-refractivity contribution in [1.29, 1.82) is 0 Å². The van der Waals surface area contributed by atoms with Crippen molar-refractivity contribution in [3.63, 3.8) is 0 Å². The normalized spacial score (nSPS) is 16.4. The van der Waals surface area contributed by atoms with Crippen molar-refractivity contribution in [3.05, 3.63) is 23.5 Å². The van der Waals surface area contributed by atoms with E-state index in [1.165, 1.54) is 25.9 Å². The Morgan fingerprint density at radius 3 is 2.71 bits per heavy atom. The van der Waals surface area contributed by atoms with Gasteiger partial charge in [0.05, 0.1) is 5.56 Å². The Hall–Kier alpha value is -1.29. The Bertz CT molecular complexity index is 391. The van der Waals surface area contributed by atoms with Crippen LogP contribution >= 0.6 is 0 Å². The van der Waals surface area contributed by atoms with Crippen molar-refractivity contribution in [2.75, 3.05) is 26.2 Å². The fourth-order valence-electron chi connectivity index (χ4n) is 2.28. The second-order valence-corrected chi connectivity index (χ2v) is 4.73. The van der Waals surface area contributed by atoms with Crippen LogP contribution in [0.3, 0.4) is 0 Å². The maximum atomic E-state index is 11.9. The second-order valence-electron chi connectivity index (χ2n) is 4.73. The van der Waals surface area contributed by atoms with Gasteiger partial charge in [0.25, 0.3) is 5.91 Å². The van der Waals surface area contributed by atoms with Gasteiger partial charge in [0.2, 0.25) is 0 Å². The van der Waals surface area contributed by atoms with Crippen molar-refractivity contribution in [1.82, 2.24) is 14.8 Å². The van der Waals surface area contributed by atoms with Crippen LogP contribution < -0.4 is 5.32 Å². The molecular weight excluding hydrogens is 214 g/mol. The highest BCUT2D eigenvalue weighted by Gasteiger charge is 2.13. The Morgan fingerprint density at radius 2 is 2.12 bits per heavy atom. The van der Waals surface area contributed by atoms with E-state index in [9.17, 15) is 4.79 Å². The summed E-state index contributed by atoms with van der Waals surface area (Å²) in [7, 11) is 1.95. The van der Waals surface area contributed by atoms with Gasteiger partial charge >= 0.3 is 0 Å². The lowest BCUT2D eigenvalue weighted by Gasteiger charge is -2.14. The maximum absolute atomic E-state index is 11.9. The van der Waals surface area contributed by atoms with Crippen molar-refractivity contribution < 1.29 is 4.79 Å². The van der Waals surface area contributed by atoms with Crippen LogP contribution in [0, 0.1) is 6.92 Å². The minimum absolute atomic E-state index is 0.0438. The van der Waals surface area contributed by atoms with Gasteiger partial charge in [-0.05, 0) is 38.9 Å². The van der Waals surface area contributed by atoms with Crippen molar-refractivity contribution in [3.8, 4) is 0 Å². The van der Waals surface area contributed by atoms with Gasteiger partial charge in [-0.2, -0.15) is 0 Å². The smallest absolute Gasteiger partial charge is 0.253 e. The van der Waals surface area contributed by atoms with E-state index in [4.69, 9.17) is 0 Å². The molecule has 1 aromatic heterocycles. The van der Waals surface area contributed by atoms with Crippen LogP contribution in [0.2, 0.25) is 0 Å². The molecule has 4 heteroatoms. The number of carbonyl (C=O) groups is 1. The molecule has 0 bridgehead atoms. The van der Waals surface area contributed by atoms with E-state index >= 15 is 0 Å². The summed E-state index contributed by atoms with van der Waals surface area (Å²) in [6.07, 6.45) is 4.52. The van der Waals surface area contributed by atoms with E-state index < -0.39 is 0 Å². The molecule has 0 saturated carbocycles. The van der Waals surface area contributed by atoms with Gasteiger partial charge in [-0.15, -0.1) is 0 Å². The van der Waals surface area contributed by atoms with Crippen molar-refractivity contribution in [2.24, 2.45) is 7.05 Å². The highest BCUT2D eigenvalue weighted by Crippen LogP contribution is 2.08. The van der Waals surface area contributed by atoms with Gasteiger partial charge in [0.15, 0.2) is 0 Å². The van der Waals surface area contributed by atoms with Crippen LogP contribution in [0.25, 0.3) is 0 Å². The summed E-state index contributed by atoms with van der Waals surface area (Å²) in [6.45, 7) is 6.04. The van der Waals surface area contributed by atoms with Gasteiger partial charge in [0, 0.05) is 32.0 Å². The molecule has 4 nitrogen and oxygen atoms in total. The van der Waals surface area contributed by atoms with Gasteiger partial charge in [-0.3, -0.25) is 4.79 Å². The minimum Gasteiger partial charge on any atom is -0.354 e. The number of aromatic nitrogens is 1. The summed E-state index contributed by atoms with van der Waals surface area (Å²) in [5.41, 5.74) is 1.80.